The highest BCUT2D eigenvalue weighted by atomic mass is 31.2. The Morgan fingerprint density at radius 1 is 0.540 bits per heavy atom. The van der Waals surface area contributed by atoms with Crippen molar-refractivity contribution in [1.29, 1.82) is 0 Å². The van der Waals surface area contributed by atoms with Gasteiger partial charge in [-0.1, -0.05) is 165 Å². The number of hydrogen-bond donors (Lipinski definition) is 2. The van der Waals surface area contributed by atoms with E-state index in [1.54, 1.807) is 0 Å². The minimum Gasteiger partial charge on any atom is -0.462 e. The van der Waals surface area contributed by atoms with Crippen molar-refractivity contribution >= 4 is 19.8 Å². The summed E-state index contributed by atoms with van der Waals surface area (Å²) in [5.41, 5.74) is 0. The van der Waals surface area contributed by atoms with Gasteiger partial charge in [-0.25, -0.2) is 4.57 Å². The third-order valence-electron chi connectivity index (χ3n) is 8.36. The van der Waals surface area contributed by atoms with Crippen LogP contribution in [-0.2, 0) is 28.2 Å². The Hall–Kier alpha value is -1.99. The lowest BCUT2D eigenvalue weighted by atomic mass is 10.0. The maximum Gasteiger partial charge on any atom is 0.469 e. The van der Waals surface area contributed by atoms with Crippen LogP contribution in [0.25, 0.3) is 0 Å². The second-order valence-corrected chi connectivity index (χ2v) is 14.5. The van der Waals surface area contributed by atoms with Gasteiger partial charge in [-0.05, 0) is 51.4 Å². The molecular weight excluding hydrogens is 651 g/mol. The van der Waals surface area contributed by atoms with Crippen molar-refractivity contribution in [3.63, 3.8) is 0 Å². The lowest BCUT2D eigenvalue weighted by Gasteiger charge is -2.18. The molecule has 2 N–H and O–H groups in total. The Kier molecular flexibility index (Phi) is 35.3. The van der Waals surface area contributed by atoms with E-state index in [1.165, 1.54) is 83.5 Å². The molecule has 1 atom stereocenters. The van der Waals surface area contributed by atoms with E-state index in [4.69, 9.17) is 19.3 Å². The maximum atomic E-state index is 12.4. The van der Waals surface area contributed by atoms with Gasteiger partial charge in [-0.3, -0.25) is 14.1 Å². The van der Waals surface area contributed by atoms with E-state index in [0.29, 0.717) is 12.8 Å². The standard InChI is InChI=1S/C41H73O8P/c1-3-5-7-9-11-13-15-17-19-20-22-24-26-28-30-32-34-36-41(43)49-39(38-48-50(44,45)46)37-47-40(42)35-33-31-29-27-25-23-21-18-16-14-12-10-8-6-4-2/h6,8,12,14,18,21,25,27,39H,3-5,7,9-11,13,15-17,19-20,22-24,26,28-38H2,1-2H3,(H2,44,45,46)/b8-6-,14-12-,21-18-,27-25-/t39-/m1/s1. The van der Waals surface area contributed by atoms with Crippen LogP contribution in [0.3, 0.4) is 0 Å². The van der Waals surface area contributed by atoms with Crippen LogP contribution in [0.1, 0.15) is 181 Å². The highest BCUT2D eigenvalue weighted by molar-refractivity contribution is 7.46. The van der Waals surface area contributed by atoms with E-state index in [2.05, 4.69) is 67.0 Å². The zero-order chi connectivity index (χ0) is 36.8. The van der Waals surface area contributed by atoms with Crippen molar-refractivity contribution in [2.24, 2.45) is 0 Å². The number of unbranched alkanes of at least 4 members (excludes halogenated alkanes) is 18. The fourth-order valence-electron chi connectivity index (χ4n) is 5.42. The second-order valence-electron chi connectivity index (χ2n) is 13.2. The summed E-state index contributed by atoms with van der Waals surface area (Å²) in [6.45, 7) is 3.54. The van der Waals surface area contributed by atoms with Crippen LogP contribution in [0.5, 0.6) is 0 Å². The molecule has 0 fully saturated rings. The molecule has 50 heavy (non-hydrogen) atoms. The second kappa shape index (κ2) is 36.8. The minimum atomic E-state index is -4.76. The molecule has 9 heteroatoms. The molecule has 0 aliphatic carbocycles. The number of esters is 2. The molecule has 0 amide bonds. The molecule has 0 unspecified atom stereocenters. The monoisotopic (exact) mass is 725 g/mol. The average Bonchev–Trinajstić information content (AvgIpc) is 3.08. The fraction of sp³-hybridized carbons (Fsp3) is 0.756. The molecule has 0 radical (unpaired) electrons. The van der Waals surface area contributed by atoms with Crippen molar-refractivity contribution in [1.82, 2.24) is 0 Å². The lowest BCUT2D eigenvalue weighted by Crippen LogP contribution is -2.29. The highest BCUT2D eigenvalue weighted by Gasteiger charge is 2.22. The third-order valence-corrected chi connectivity index (χ3v) is 8.85. The van der Waals surface area contributed by atoms with Gasteiger partial charge in [-0.2, -0.15) is 0 Å². The van der Waals surface area contributed by atoms with Gasteiger partial charge in [0, 0.05) is 12.8 Å². The summed E-state index contributed by atoms with van der Waals surface area (Å²) in [6.07, 6.45) is 44.1. The fourth-order valence-corrected chi connectivity index (χ4v) is 5.78. The first-order valence-corrected chi connectivity index (χ1v) is 21.5. The summed E-state index contributed by atoms with van der Waals surface area (Å²) >= 11 is 0. The number of allylic oxidation sites excluding steroid dienone is 8. The Morgan fingerprint density at radius 2 is 0.960 bits per heavy atom. The van der Waals surface area contributed by atoms with Crippen LogP contribution in [-0.4, -0.2) is 41.0 Å². The molecular formula is C41H73O8P. The summed E-state index contributed by atoms with van der Waals surface area (Å²) in [5, 5.41) is 0. The topological polar surface area (TPSA) is 119 Å². The van der Waals surface area contributed by atoms with Crippen molar-refractivity contribution in [3.8, 4) is 0 Å². The highest BCUT2D eigenvalue weighted by Crippen LogP contribution is 2.36. The van der Waals surface area contributed by atoms with Crippen LogP contribution in [0.15, 0.2) is 48.6 Å². The largest absolute Gasteiger partial charge is 0.469 e. The first-order chi connectivity index (χ1) is 24.3. The molecule has 0 aliphatic rings. The number of ether oxygens (including phenoxy) is 2. The number of phosphoric ester groups is 1. The van der Waals surface area contributed by atoms with Gasteiger partial charge in [0.25, 0.3) is 0 Å². The Balaban J connectivity index is 3.99. The molecule has 290 valence electrons. The van der Waals surface area contributed by atoms with E-state index < -0.39 is 32.5 Å². The molecule has 8 nitrogen and oxygen atoms in total. The lowest BCUT2D eigenvalue weighted by molar-refractivity contribution is -0.161. The SMILES string of the molecule is CC/C=C\C/C=C\C/C=C\C/C=C\CCCCC(=O)OC[C@H](COP(=O)(O)O)OC(=O)CCCCCCCCCCCCCCCCCCC. The number of phosphoric acid groups is 1. The van der Waals surface area contributed by atoms with Crippen LogP contribution in [0, 0.1) is 0 Å². The van der Waals surface area contributed by atoms with E-state index >= 15 is 0 Å². The zero-order valence-corrected chi connectivity index (χ0v) is 32.7. The first-order valence-electron chi connectivity index (χ1n) is 19.9. The molecule has 0 rings (SSSR count). The predicted octanol–water partition coefficient (Wildman–Crippen LogP) is 12.0. The maximum absolute atomic E-state index is 12.4. The molecule has 0 aliphatic heterocycles. The molecule has 0 spiro atoms. The summed E-state index contributed by atoms with van der Waals surface area (Å²) in [7, 11) is -4.76. The third kappa shape index (κ3) is 38.8. The number of rotatable bonds is 36. The quantitative estimate of drug-likeness (QED) is 0.0284. The van der Waals surface area contributed by atoms with Gasteiger partial charge in [0.05, 0.1) is 6.61 Å². The van der Waals surface area contributed by atoms with Gasteiger partial charge < -0.3 is 19.3 Å². The average molecular weight is 725 g/mol. The Labute approximate surface area is 305 Å². The van der Waals surface area contributed by atoms with Crippen LogP contribution >= 0.6 is 7.82 Å². The van der Waals surface area contributed by atoms with Gasteiger partial charge >= 0.3 is 19.8 Å². The summed E-state index contributed by atoms with van der Waals surface area (Å²) in [4.78, 5) is 42.8. The molecule has 0 aromatic carbocycles. The van der Waals surface area contributed by atoms with E-state index in [-0.39, 0.29) is 19.4 Å². The van der Waals surface area contributed by atoms with E-state index in [9.17, 15) is 14.2 Å². The molecule has 0 bridgehead atoms. The molecule has 0 heterocycles. The minimum absolute atomic E-state index is 0.205. The van der Waals surface area contributed by atoms with Gasteiger partial charge in [-0.15, -0.1) is 0 Å². The molecule has 0 aromatic rings. The normalized spacial score (nSPS) is 13.0. The predicted molar refractivity (Wildman–Crippen MR) is 207 cm³/mol. The smallest absolute Gasteiger partial charge is 0.462 e. The van der Waals surface area contributed by atoms with Crippen molar-refractivity contribution in [2.75, 3.05) is 13.2 Å². The molecule has 0 saturated heterocycles. The number of hydrogen-bond acceptors (Lipinski definition) is 6. The summed E-state index contributed by atoms with van der Waals surface area (Å²) < 4.78 is 26.3. The van der Waals surface area contributed by atoms with Crippen molar-refractivity contribution in [3.05, 3.63) is 48.6 Å². The van der Waals surface area contributed by atoms with Gasteiger partial charge in [0.1, 0.15) is 6.61 Å². The van der Waals surface area contributed by atoms with Gasteiger partial charge in [0.15, 0.2) is 6.10 Å². The van der Waals surface area contributed by atoms with Crippen LogP contribution in [0.4, 0.5) is 0 Å². The van der Waals surface area contributed by atoms with Crippen molar-refractivity contribution in [2.45, 2.75) is 187 Å². The Bertz CT molecular complexity index is 952. The summed E-state index contributed by atoms with van der Waals surface area (Å²) in [6, 6.07) is 0. The Morgan fingerprint density at radius 3 is 1.44 bits per heavy atom. The molecule has 0 aromatic heterocycles. The van der Waals surface area contributed by atoms with Crippen LogP contribution in [0.2, 0.25) is 0 Å². The number of carbonyl (C=O) groups excluding carboxylic acids is 2. The number of carbonyl (C=O) groups is 2. The summed E-state index contributed by atoms with van der Waals surface area (Å²) in [5.74, 6) is -0.931. The van der Waals surface area contributed by atoms with Crippen LogP contribution < -0.4 is 0 Å². The zero-order valence-electron chi connectivity index (χ0n) is 31.8. The van der Waals surface area contributed by atoms with E-state index in [0.717, 1.165) is 57.8 Å². The van der Waals surface area contributed by atoms with Gasteiger partial charge in [0.2, 0.25) is 0 Å². The first kappa shape index (κ1) is 48.0. The van der Waals surface area contributed by atoms with E-state index in [1.807, 2.05) is 0 Å². The molecule has 0 saturated carbocycles. The van der Waals surface area contributed by atoms with Crippen molar-refractivity contribution < 1.29 is 37.9 Å².